The van der Waals surface area contributed by atoms with Crippen molar-refractivity contribution in [2.45, 2.75) is 39.0 Å². The number of rotatable bonds is 1. The minimum Gasteiger partial charge on any atom is -0.323 e. The summed E-state index contributed by atoms with van der Waals surface area (Å²) in [5, 5.41) is 0.792. The van der Waals surface area contributed by atoms with E-state index in [9.17, 15) is 4.39 Å². The van der Waals surface area contributed by atoms with Crippen LogP contribution in [0.25, 0.3) is 10.9 Å². The molecular weight excluding hydrogens is 241 g/mol. The molecule has 1 aromatic heterocycles. The predicted molar refractivity (Wildman–Crippen MR) is 75.5 cm³/mol. The van der Waals surface area contributed by atoms with Crippen LogP contribution in [0.15, 0.2) is 12.1 Å². The zero-order chi connectivity index (χ0) is 13.4. The highest BCUT2D eigenvalue weighted by Crippen LogP contribution is 2.33. The van der Waals surface area contributed by atoms with Gasteiger partial charge in [0.25, 0.3) is 0 Å². The van der Waals surface area contributed by atoms with Crippen LogP contribution in [0.2, 0.25) is 0 Å². The predicted octanol–water partition coefficient (Wildman–Crippen LogP) is 3.24. The molecule has 0 aliphatic heterocycles. The van der Waals surface area contributed by atoms with Crippen molar-refractivity contribution in [3.63, 3.8) is 0 Å². The molecule has 0 saturated heterocycles. The molecule has 1 heterocycles. The molecule has 3 N–H and O–H groups in total. The maximum Gasteiger partial charge on any atom is 0.149 e. The Morgan fingerprint density at radius 1 is 1.21 bits per heavy atom. The van der Waals surface area contributed by atoms with Crippen molar-refractivity contribution in [2.75, 3.05) is 5.43 Å². The van der Waals surface area contributed by atoms with Crippen LogP contribution < -0.4 is 11.3 Å². The number of nitrogens with two attached hydrogens (primary N) is 1. The first-order chi connectivity index (χ1) is 9.20. The first kappa shape index (κ1) is 12.4. The van der Waals surface area contributed by atoms with Crippen LogP contribution in [0.4, 0.5) is 10.1 Å². The van der Waals surface area contributed by atoms with Crippen molar-refractivity contribution in [3.8, 4) is 0 Å². The smallest absolute Gasteiger partial charge is 0.149 e. The van der Waals surface area contributed by atoms with Crippen molar-refractivity contribution in [2.24, 2.45) is 5.84 Å². The van der Waals surface area contributed by atoms with Gasteiger partial charge in [0.1, 0.15) is 11.3 Å². The van der Waals surface area contributed by atoms with Crippen LogP contribution in [0.1, 0.15) is 36.1 Å². The van der Waals surface area contributed by atoms with Crippen LogP contribution in [-0.2, 0) is 12.8 Å². The monoisotopic (exact) mass is 259 g/mol. The van der Waals surface area contributed by atoms with Gasteiger partial charge in [0.05, 0.1) is 5.69 Å². The number of halogens is 1. The summed E-state index contributed by atoms with van der Waals surface area (Å²) in [5.74, 6) is 5.43. The molecule has 0 atom stereocenters. The van der Waals surface area contributed by atoms with Crippen LogP contribution >= 0.6 is 0 Å². The molecule has 0 radical (unpaired) electrons. The van der Waals surface area contributed by atoms with Crippen molar-refractivity contribution < 1.29 is 4.39 Å². The number of fused-ring (bicyclic) bond motifs is 2. The summed E-state index contributed by atoms with van der Waals surface area (Å²) in [5.41, 5.74) is 7.11. The van der Waals surface area contributed by atoms with Gasteiger partial charge in [-0.05, 0) is 55.9 Å². The van der Waals surface area contributed by atoms with Crippen LogP contribution in [0.5, 0.6) is 0 Å². The van der Waals surface area contributed by atoms with Gasteiger partial charge in [-0.25, -0.2) is 9.37 Å². The maximum absolute atomic E-state index is 14.1. The van der Waals surface area contributed by atoms with Gasteiger partial charge in [-0.15, -0.1) is 0 Å². The van der Waals surface area contributed by atoms with Gasteiger partial charge in [0.2, 0.25) is 0 Å². The van der Waals surface area contributed by atoms with E-state index in [2.05, 4.69) is 10.4 Å². The topological polar surface area (TPSA) is 50.9 Å². The molecule has 3 nitrogen and oxygen atoms in total. The second-order valence-corrected chi connectivity index (χ2v) is 5.26. The normalized spacial score (nSPS) is 15.1. The van der Waals surface area contributed by atoms with Gasteiger partial charge in [0.15, 0.2) is 0 Å². The standard InChI is InChI=1S/C15H18FN3/c1-9-7-11-14(19-17)10-5-3-2-4-6-13(10)18-15(11)12(16)8-9/h7-8H,2-6,17H2,1H3,(H,18,19). The van der Waals surface area contributed by atoms with E-state index in [0.29, 0.717) is 5.52 Å². The molecule has 19 heavy (non-hydrogen) atoms. The number of anilines is 1. The van der Waals surface area contributed by atoms with Crippen LogP contribution in [0, 0.1) is 12.7 Å². The van der Waals surface area contributed by atoms with Crippen LogP contribution in [-0.4, -0.2) is 4.98 Å². The van der Waals surface area contributed by atoms with Crippen molar-refractivity contribution in [1.29, 1.82) is 0 Å². The Bertz CT molecular complexity index is 637. The number of benzene rings is 1. The Kier molecular flexibility index (Phi) is 3.11. The second-order valence-electron chi connectivity index (χ2n) is 5.26. The molecule has 1 aromatic carbocycles. The van der Waals surface area contributed by atoms with E-state index in [0.717, 1.165) is 53.6 Å². The summed E-state index contributed by atoms with van der Waals surface area (Å²) >= 11 is 0. The molecule has 100 valence electrons. The largest absolute Gasteiger partial charge is 0.323 e. The van der Waals surface area contributed by atoms with Gasteiger partial charge in [0, 0.05) is 11.1 Å². The molecule has 1 aliphatic rings. The fourth-order valence-electron chi connectivity index (χ4n) is 2.96. The summed E-state index contributed by atoms with van der Waals surface area (Å²) < 4.78 is 14.1. The van der Waals surface area contributed by atoms with Crippen LogP contribution in [0.3, 0.4) is 0 Å². The number of nitrogens with zero attached hydrogens (tertiary/aromatic N) is 1. The highest BCUT2D eigenvalue weighted by molar-refractivity contribution is 5.94. The number of hydrazine groups is 1. The number of hydrogen-bond donors (Lipinski definition) is 2. The Morgan fingerprint density at radius 3 is 2.79 bits per heavy atom. The number of nitrogen functional groups attached to an aromatic ring is 1. The summed E-state index contributed by atoms with van der Waals surface area (Å²) in [6.07, 6.45) is 5.32. The Labute approximate surface area is 112 Å². The first-order valence-electron chi connectivity index (χ1n) is 6.79. The molecule has 0 amide bonds. The molecule has 3 rings (SSSR count). The van der Waals surface area contributed by atoms with Gasteiger partial charge in [-0.3, -0.25) is 5.84 Å². The van der Waals surface area contributed by atoms with E-state index >= 15 is 0 Å². The Hall–Kier alpha value is -1.68. The molecule has 4 heteroatoms. The lowest BCUT2D eigenvalue weighted by Crippen LogP contribution is -2.12. The summed E-state index contributed by atoms with van der Waals surface area (Å²) in [4.78, 5) is 4.55. The maximum atomic E-state index is 14.1. The van der Waals surface area contributed by atoms with Gasteiger partial charge in [-0.2, -0.15) is 0 Å². The minimum atomic E-state index is -0.265. The van der Waals surface area contributed by atoms with E-state index in [1.165, 1.54) is 12.5 Å². The molecule has 0 fully saturated rings. The molecule has 0 spiro atoms. The van der Waals surface area contributed by atoms with Gasteiger partial charge in [-0.1, -0.05) is 6.42 Å². The zero-order valence-corrected chi connectivity index (χ0v) is 11.1. The van der Waals surface area contributed by atoms with E-state index in [4.69, 9.17) is 5.84 Å². The molecule has 2 aromatic rings. The third-order valence-corrected chi connectivity index (χ3v) is 3.86. The first-order valence-corrected chi connectivity index (χ1v) is 6.79. The summed E-state index contributed by atoms with van der Waals surface area (Å²) in [6, 6.07) is 3.48. The van der Waals surface area contributed by atoms with Gasteiger partial charge >= 0.3 is 0 Å². The lowest BCUT2D eigenvalue weighted by Gasteiger charge is -2.15. The van der Waals surface area contributed by atoms with Crippen molar-refractivity contribution in [1.82, 2.24) is 4.98 Å². The Balaban J connectivity index is 2.36. The molecule has 1 aliphatic carbocycles. The molecular formula is C15H18FN3. The fourth-order valence-corrected chi connectivity index (χ4v) is 2.96. The van der Waals surface area contributed by atoms with Crippen molar-refractivity contribution in [3.05, 3.63) is 34.8 Å². The number of pyridine rings is 1. The van der Waals surface area contributed by atoms with E-state index in [1.54, 1.807) is 0 Å². The number of aromatic nitrogens is 1. The molecule has 0 unspecified atom stereocenters. The summed E-state index contributed by atoms with van der Waals surface area (Å²) in [6.45, 7) is 1.88. The van der Waals surface area contributed by atoms with Crippen molar-refractivity contribution >= 4 is 16.6 Å². The quantitative estimate of drug-likeness (QED) is 0.469. The second kappa shape index (κ2) is 4.78. The highest BCUT2D eigenvalue weighted by atomic mass is 19.1. The van der Waals surface area contributed by atoms with E-state index in [1.807, 2.05) is 13.0 Å². The SMILES string of the molecule is Cc1cc(F)c2nc3c(c(NN)c2c1)CCCCC3. The number of nitrogens with one attached hydrogen (secondary N) is 1. The van der Waals surface area contributed by atoms with E-state index in [-0.39, 0.29) is 5.82 Å². The fraction of sp³-hybridized carbons (Fsp3) is 0.400. The molecule has 0 bridgehead atoms. The lowest BCUT2D eigenvalue weighted by atomic mass is 10.0. The van der Waals surface area contributed by atoms with E-state index < -0.39 is 0 Å². The molecule has 0 saturated carbocycles. The Morgan fingerprint density at radius 2 is 2.00 bits per heavy atom. The number of aryl methyl sites for hydroxylation is 2. The third kappa shape index (κ3) is 2.06. The average Bonchev–Trinajstić information content (AvgIpc) is 2.61. The highest BCUT2D eigenvalue weighted by Gasteiger charge is 2.18. The average molecular weight is 259 g/mol. The minimum absolute atomic E-state index is 0.265. The zero-order valence-electron chi connectivity index (χ0n) is 11.1. The third-order valence-electron chi connectivity index (χ3n) is 3.86. The van der Waals surface area contributed by atoms with Gasteiger partial charge < -0.3 is 5.43 Å². The number of hydrogen-bond acceptors (Lipinski definition) is 3. The lowest BCUT2D eigenvalue weighted by molar-refractivity contribution is 0.634. The summed E-state index contributed by atoms with van der Waals surface area (Å²) in [7, 11) is 0.